The molecule has 0 amide bonds. The average molecular weight is 336 g/mol. The molecular weight excluding hydrogens is 318 g/mol. The van der Waals surface area contributed by atoms with Gasteiger partial charge in [0.25, 0.3) is 0 Å². The maximum atomic E-state index is 11.7. The molecule has 1 aliphatic rings. The Hall–Kier alpha value is -1.05. The third-order valence-corrected chi connectivity index (χ3v) is 5.07. The second kappa shape index (κ2) is 6.81. The normalized spacial score (nSPS) is 17.8. The number of halogens is 1. The van der Waals surface area contributed by atoms with Crippen molar-refractivity contribution in [1.29, 1.82) is 0 Å². The number of hydrogen-bond donors (Lipinski definition) is 0. The molecule has 0 spiro atoms. The van der Waals surface area contributed by atoms with Gasteiger partial charge in [0.2, 0.25) is 21.2 Å². The zero-order valence-electron chi connectivity index (χ0n) is 11.7. The first-order valence-corrected chi connectivity index (χ1v) is 9.04. The molecule has 0 aliphatic carbocycles. The van der Waals surface area contributed by atoms with Gasteiger partial charge in [0, 0.05) is 19.2 Å². The van der Waals surface area contributed by atoms with E-state index in [1.807, 2.05) is 0 Å². The first-order chi connectivity index (χ1) is 9.90. The molecule has 1 aromatic rings. The molecule has 1 aromatic heterocycles. The Morgan fingerprint density at radius 1 is 1.43 bits per heavy atom. The standard InChI is InChI=1S/C13H18ClNO5S/c1-21(17,18)15-4-2-10(3-5-15)8-20-13-9-19-11(7-14)6-12(13)16/h6,9-10H,2-5,7-8H2,1H3. The molecule has 2 rings (SSSR count). The van der Waals surface area contributed by atoms with Crippen molar-refractivity contribution in [2.75, 3.05) is 26.0 Å². The predicted molar refractivity (Wildman–Crippen MR) is 79.2 cm³/mol. The summed E-state index contributed by atoms with van der Waals surface area (Å²) < 4.78 is 34.9. The molecule has 1 fully saturated rings. The molecular formula is C13H18ClNO5S. The topological polar surface area (TPSA) is 76.8 Å². The third kappa shape index (κ3) is 4.46. The van der Waals surface area contributed by atoms with Crippen LogP contribution in [0.3, 0.4) is 0 Å². The van der Waals surface area contributed by atoms with Crippen LogP contribution in [-0.2, 0) is 15.9 Å². The van der Waals surface area contributed by atoms with Crippen LogP contribution in [0.15, 0.2) is 21.5 Å². The van der Waals surface area contributed by atoms with E-state index >= 15 is 0 Å². The van der Waals surface area contributed by atoms with Crippen molar-refractivity contribution in [2.45, 2.75) is 18.7 Å². The minimum Gasteiger partial charge on any atom is -0.486 e. The van der Waals surface area contributed by atoms with Gasteiger partial charge in [-0.05, 0) is 18.8 Å². The van der Waals surface area contributed by atoms with E-state index in [0.717, 1.165) is 12.8 Å². The lowest BCUT2D eigenvalue weighted by Crippen LogP contribution is -2.39. The quantitative estimate of drug-likeness (QED) is 0.761. The molecule has 8 heteroatoms. The van der Waals surface area contributed by atoms with Crippen LogP contribution in [0.25, 0.3) is 0 Å². The van der Waals surface area contributed by atoms with Gasteiger partial charge < -0.3 is 9.15 Å². The Balaban J connectivity index is 1.86. The van der Waals surface area contributed by atoms with Crippen molar-refractivity contribution < 1.29 is 17.6 Å². The highest BCUT2D eigenvalue weighted by molar-refractivity contribution is 7.88. The summed E-state index contributed by atoms with van der Waals surface area (Å²) in [4.78, 5) is 11.7. The van der Waals surface area contributed by atoms with Crippen molar-refractivity contribution in [3.63, 3.8) is 0 Å². The van der Waals surface area contributed by atoms with Crippen LogP contribution in [0.4, 0.5) is 0 Å². The molecule has 0 unspecified atom stereocenters. The summed E-state index contributed by atoms with van der Waals surface area (Å²) in [6.07, 6.45) is 3.93. The smallest absolute Gasteiger partial charge is 0.227 e. The highest BCUT2D eigenvalue weighted by Gasteiger charge is 2.25. The lowest BCUT2D eigenvalue weighted by atomic mass is 9.99. The summed E-state index contributed by atoms with van der Waals surface area (Å²) in [5.74, 6) is 0.930. The monoisotopic (exact) mass is 335 g/mol. The molecule has 1 saturated heterocycles. The van der Waals surface area contributed by atoms with Crippen molar-refractivity contribution in [3.05, 3.63) is 28.3 Å². The first-order valence-electron chi connectivity index (χ1n) is 6.65. The van der Waals surface area contributed by atoms with Gasteiger partial charge in [0.15, 0.2) is 0 Å². The molecule has 6 nitrogen and oxygen atoms in total. The van der Waals surface area contributed by atoms with Crippen molar-refractivity contribution >= 4 is 21.6 Å². The zero-order valence-corrected chi connectivity index (χ0v) is 13.3. The van der Waals surface area contributed by atoms with Gasteiger partial charge in [-0.3, -0.25) is 4.79 Å². The number of piperidine rings is 1. The van der Waals surface area contributed by atoms with Crippen LogP contribution in [-0.4, -0.2) is 38.7 Å². The minimum atomic E-state index is -3.12. The Morgan fingerprint density at radius 2 is 2.10 bits per heavy atom. The van der Waals surface area contributed by atoms with E-state index in [-0.39, 0.29) is 23.0 Å². The Labute approximate surface area is 128 Å². The van der Waals surface area contributed by atoms with Crippen LogP contribution in [0.1, 0.15) is 18.6 Å². The fraction of sp³-hybridized carbons (Fsp3) is 0.615. The van der Waals surface area contributed by atoms with Gasteiger partial charge in [0.1, 0.15) is 12.0 Å². The number of rotatable bonds is 5. The summed E-state index contributed by atoms with van der Waals surface area (Å²) in [6.45, 7) is 1.36. The molecule has 0 atom stereocenters. The van der Waals surface area contributed by atoms with E-state index < -0.39 is 10.0 Å². The lowest BCUT2D eigenvalue weighted by Gasteiger charge is -2.29. The highest BCUT2D eigenvalue weighted by Crippen LogP contribution is 2.20. The summed E-state index contributed by atoms with van der Waals surface area (Å²) >= 11 is 5.57. The maximum Gasteiger partial charge on any atom is 0.227 e. The van der Waals surface area contributed by atoms with Crippen LogP contribution in [0.2, 0.25) is 0 Å². The summed E-state index contributed by atoms with van der Waals surface area (Å²) in [6, 6.07) is 1.31. The Kier molecular flexibility index (Phi) is 5.29. The van der Waals surface area contributed by atoms with Gasteiger partial charge in [-0.2, -0.15) is 0 Å². The van der Waals surface area contributed by atoms with Crippen molar-refractivity contribution in [2.24, 2.45) is 5.92 Å². The average Bonchev–Trinajstić information content (AvgIpc) is 2.45. The molecule has 0 N–H and O–H groups in total. The summed E-state index contributed by atoms with van der Waals surface area (Å²) in [5, 5.41) is 0. The highest BCUT2D eigenvalue weighted by atomic mass is 35.5. The number of ether oxygens (including phenoxy) is 1. The fourth-order valence-electron chi connectivity index (χ4n) is 2.23. The second-order valence-corrected chi connectivity index (χ2v) is 7.37. The lowest BCUT2D eigenvalue weighted by molar-refractivity contribution is 0.181. The van der Waals surface area contributed by atoms with E-state index in [2.05, 4.69) is 0 Å². The van der Waals surface area contributed by atoms with Gasteiger partial charge in [-0.1, -0.05) is 0 Å². The number of nitrogens with zero attached hydrogens (tertiary/aromatic N) is 1. The Bertz CT molecular complexity index is 634. The van der Waals surface area contributed by atoms with E-state index in [1.54, 1.807) is 0 Å². The first kappa shape index (κ1) is 16.3. The zero-order chi connectivity index (χ0) is 15.5. The molecule has 2 heterocycles. The van der Waals surface area contributed by atoms with E-state index in [4.69, 9.17) is 20.8 Å². The number of hydrogen-bond acceptors (Lipinski definition) is 5. The molecule has 0 aromatic carbocycles. The van der Waals surface area contributed by atoms with E-state index in [9.17, 15) is 13.2 Å². The van der Waals surface area contributed by atoms with Crippen LogP contribution in [0, 0.1) is 5.92 Å². The van der Waals surface area contributed by atoms with Gasteiger partial charge in [0.05, 0.1) is 18.7 Å². The maximum absolute atomic E-state index is 11.7. The molecule has 21 heavy (non-hydrogen) atoms. The summed E-state index contributed by atoms with van der Waals surface area (Å²) in [5.41, 5.74) is -0.259. The second-order valence-electron chi connectivity index (χ2n) is 5.12. The largest absolute Gasteiger partial charge is 0.486 e. The third-order valence-electron chi connectivity index (χ3n) is 3.50. The van der Waals surface area contributed by atoms with E-state index in [1.165, 1.54) is 22.9 Å². The van der Waals surface area contributed by atoms with Gasteiger partial charge >= 0.3 is 0 Å². The van der Waals surface area contributed by atoms with E-state index in [0.29, 0.717) is 25.5 Å². The molecule has 0 radical (unpaired) electrons. The van der Waals surface area contributed by atoms with Crippen LogP contribution < -0.4 is 10.2 Å². The van der Waals surface area contributed by atoms with Crippen LogP contribution >= 0.6 is 11.6 Å². The van der Waals surface area contributed by atoms with Crippen molar-refractivity contribution in [1.82, 2.24) is 4.31 Å². The van der Waals surface area contributed by atoms with Crippen LogP contribution in [0.5, 0.6) is 5.75 Å². The SMILES string of the molecule is CS(=O)(=O)N1CCC(COc2coc(CCl)cc2=O)CC1. The Morgan fingerprint density at radius 3 is 2.62 bits per heavy atom. The minimum absolute atomic E-state index is 0.138. The van der Waals surface area contributed by atoms with Crippen molar-refractivity contribution in [3.8, 4) is 5.75 Å². The predicted octanol–water partition coefficient (Wildman–Crippen LogP) is 1.43. The molecule has 118 valence electrons. The van der Waals surface area contributed by atoms with Gasteiger partial charge in [-0.15, -0.1) is 11.6 Å². The number of alkyl halides is 1. The molecule has 0 bridgehead atoms. The molecule has 0 saturated carbocycles. The molecule has 1 aliphatic heterocycles. The fourth-order valence-corrected chi connectivity index (χ4v) is 3.24. The summed E-state index contributed by atoms with van der Waals surface area (Å²) in [7, 11) is -3.12. The van der Waals surface area contributed by atoms with Gasteiger partial charge in [-0.25, -0.2) is 12.7 Å². The number of sulfonamides is 1.